The lowest BCUT2D eigenvalue weighted by Crippen LogP contribution is -2.05. The van der Waals surface area contributed by atoms with Crippen LogP contribution in [0.5, 0.6) is 0 Å². The van der Waals surface area contributed by atoms with Gasteiger partial charge in [-0.2, -0.15) is 0 Å². The lowest BCUT2D eigenvalue weighted by molar-refractivity contribution is 0.817. The van der Waals surface area contributed by atoms with Gasteiger partial charge < -0.3 is 5.73 Å². The molecule has 0 radical (unpaired) electrons. The van der Waals surface area contributed by atoms with Gasteiger partial charge in [0.1, 0.15) is 0 Å². The Labute approximate surface area is 124 Å². The normalized spacial score (nSPS) is 12.4. The summed E-state index contributed by atoms with van der Waals surface area (Å²) in [6.07, 6.45) is 0. The Bertz CT molecular complexity index is 566. The number of hydrogen-bond donors (Lipinski definition) is 1. The second kappa shape index (κ2) is 6.47. The van der Waals surface area contributed by atoms with Gasteiger partial charge in [0, 0.05) is 21.7 Å². The van der Waals surface area contributed by atoms with Crippen LogP contribution in [0.3, 0.4) is 0 Å². The van der Waals surface area contributed by atoms with Crippen LogP contribution in [0, 0.1) is 6.92 Å². The van der Waals surface area contributed by atoms with E-state index in [0.29, 0.717) is 0 Å². The van der Waals surface area contributed by atoms with Gasteiger partial charge in [-0.25, -0.2) is 0 Å². The average molecular weight is 292 g/mol. The molecule has 0 aliphatic rings. The number of halogens is 1. The van der Waals surface area contributed by atoms with Gasteiger partial charge in [0.25, 0.3) is 0 Å². The van der Waals surface area contributed by atoms with E-state index in [2.05, 4.69) is 37.3 Å². The van der Waals surface area contributed by atoms with Crippen molar-refractivity contribution in [1.82, 2.24) is 0 Å². The monoisotopic (exact) mass is 291 g/mol. The topological polar surface area (TPSA) is 26.0 Å². The second-order valence-electron chi connectivity index (χ2n) is 4.69. The van der Waals surface area contributed by atoms with Gasteiger partial charge in [-0.1, -0.05) is 41.9 Å². The molecule has 19 heavy (non-hydrogen) atoms. The molecule has 0 amide bonds. The second-order valence-corrected chi connectivity index (χ2v) is 6.14. The van der Waals surface area contributed by atoms with Crippen molar-refractivity contribution in [1.29, 1.82) is 0 Å². The first-order valence-electron chi connectivity index (χ1n) is 6.30. The fourth-order valence-electron chi connectivity index (χ4n) is 1.90. The minimum Gasteiger partial charge on any atom is -0.324 e. The highest BCUT2D eigenvalue weighted by molar-refractivity contribution is 7.98. The van der Waals surface area contributed by atoms with E-state index in [1.54, 1.807) is 11.8 Å². The van der Waals surface area contributed by atoms with Crippen LogP contribution < -0.4 is 5.73 Å². The lowest BCUT2D eigenvalue weighted by atomic mass is 10.1. The van der Waals surface area contributed by atoms with Crippen LogP contribution in [0.1, 0.15) is 29.7 Å². The number of hydrogen-bond acceptors (Lipinski definition) is 2. The molecule has 0 saturated heterocycles. The maximum Gasteiger partial charge on any atom is 0.0464 e. The summed E-state index contributed by atoms with van der Waals surface area (Å²) in [5.74, 6) is 0.959. The highest BCUT2D eigenvalue weighted by Gasteiger charge is 2.06. The molecule has 1 unspecified atom stereocenters. The minimum absolute atomic E-state index is 0.0251. The van der Waals surface area contributed by atoms with Crippen LogP contribution in [-0.2, 0) is 5.75 Å². The summed E-state index contributed by atoms with van der Waals surface area (Å²) in [5, 5.41) is 0.754. The Morgan fingerprint density at radius 3 is 2.58 bits per heavy atom. The average Bonchev–Trinajstić information content (AvgIpc) is 2.37. The molecule has 2 N–H and O–H groups in total. The summed E-state index contributed by atoms with van der Waals surface area (Å²) >= 11 is 8.04. The molecular weight excluding hydrogens is 274 g/mol. The third-order valence-electron chi connectivity index (χ3n) is 3.12. The third kappa shape index (κ3) is 3.75. The predicted molar refractivity (Wildman–Crippen MR) is 84.8 cm³/mol. The van der Waals surface area contributed by atoms with E-state index in [4.69, 9.17) is 17.3 Å². The Kier molecular flexibility index (Phi) is 4.92. The van der Waals surface area contributed by atoms with E-state index in [1.807, 2.05) is 19.1 Å². The molecule has 0 saturated carbocycles. The summed E-state index contributed by atoms with van der Waals surface area (Å²) in [6.45, 7) is 4.09. The van der Waals surface area contributed by atoms with Crippen LogP contribution in [-0.4, -0.2) is 0 Å². The van der Waals surface area contributed by atoms with Crippen LogP contribution in [0.2, 0.25) is 5.02 Å². The molecular formula is C16H18ClNS. The molecule has 0 heterocycles. The quantitative estimate of drug-likeness (QED) is 0.806. The van der Waals surface area contributed by atoms with E-state index in [-0.39, 0.29) is 6.04 Å². The first-order valence-corrected chi connectivity index (χ1v) is 7.66. The minimum atomic E-state index is -0.0251. The molecule has 2 aromatic rings. The van der Waals surface area contributed by atoms with E-state index in [0.717, 1.165) is 16.3 Å². The van der Waals surface area contributed by atoms with Crippen molar-refractivity contribution in [2.75, 3.05) is 0 Å². The molecule has 0 fully saturated rings. The summed E-state index contributed by atoms with van der Waals surface area (Å²) in [4.78, 5) is 1.18. The van der Waals surface area contributed by atoms with Crippen molar-refractivity contribution < 1.29 is 0 Å². The number of thioether (sulfide) groups is 1. The number of nitrogens with two attached hydrogens (primary N) is 1. The summed E-state index contributed by atoms with van der Waals surface area (Å²) in [6, 6.07) is 14.5. The molecule has 1 atom stereocenters. The molecule has 3 heteroatoms. The van der Waals surface area contributed by atoms with Crippen molar-refractivity contribution in [2.45, 2.75) is 30.5 Å². The molecule has 0 spiro atoms. The summed E-state index contributed by atoms with van der Waals surface area (Å²) in [7, 11) is 0. The Balaban J connectivity index is 2.08. The standard InChI is InChI=1S/C16H18ClNS/c1-11-5-3-4-6-13(11)10-19-14-7-8-15(12(2)18)16(17)9-14/h3-9,12H,10,18H2,1-2H3. The number of benzene rings is 2. The van der Waals surface area contributed by atoms with Gasteiger partial charge in [-0.3, -0.25) is 0 Å². The number of rotatable bonds is 4. The summed E-state index contributed by atoms with van der Waals surface area (Å²) in [5.41, 5.74) is 9.55. The zero-order valence-electron chi connectivity index (χ0n) is 11.2. The van der Waals surface area contributed by atoms with Gasteiger partial charge in [-0.15, -0.1) is 11.8 Å². The lowest BCUT2D eigenvalue weighted by Gasteiger charge is -2.10. The van der Waals surface area contributed by atoms with Crippen LogP contribution >= 0.6 is 23.4 Å². The molecule has 2 rings (SSSR count). The van der Waals surface area contributed by atoms with Gasteiger partial charge in [0.05, 0.1) is 0 Å². The van der Waals surface area contributed by atoms with Gasteiger partial charge in [0.15, 0.2) is 0 Å². The maximum absolute atomic E-state index is 6.24. The van der Waals surface area contributed by atoms with Crippen LogP contribution in [0.15, 0.2) is 47.4 Å². The highest BCUT2D eigenvalue weighted by atomic mass is 35.5. The van der Waals surface area contributed by atoms with E-state index in [9.17, 15) is 0 Å². The molecule has 2 aromatic carbocycles. The van der Waals surface area contributed by atoms with Crippen molar-refractivity contribution in [3.05, 3.63) is 64.2 Å². The SMILES string of the molecule is Cc1ccccc1CSc1ccc(C(C)N)c(Cl)c1. The third-order valence-corrected chi connectivity index (χ3v) is 4.49. The van der Waals surface area contributed by atoms with E-state index >= 15 is 0 Å². The fourth-order valence-corrected chi connectivity index (χ4v) is 3.33. The molecule has 0 aliphatic heterocycles. The van der Waals surface area contributed by atoms with E-state index < -0.39 is 0 Å². The van der Waals surface area contributed by atoms with Crippen LogP contribution in [0.4, 0.5) is 0 Å². The number of aryl methyl sites for hydroxylation is 1. The van der Waals surface area contributed by atoms with Gasteiger partial charge in [-0.05, 0) is 42.7 Å². The largest absolute Gasteiger partial charge is 0.324 e. The van der Waals surface area contributed by atoms with E-state index in [1.165, 1.54) is 16.0 Å². The predicted octanol–water partition coefficient (Wildman–Crippen LogP) is 4.96. The van der Waals surface area contributed by atoms with Gasteiger partial charge in [0.2, 0.25) is 0 Å². The Morgan fingerprint density at radius 1 is 1.21 bits per heavy atom. The first kappa shape index (κ1) is 14.4. The van der Waals surface area contributed by atoms with Crippen molar-refractivity contribution in [2.24, 2.45) is 5.73 Å². The smallest absolute Gasteiger partial charge is 0.0464 e. The fraction of sp³-hybridized carbons (Fsp3) is 0.250. The molecule has 0 aliphatic carbocycles. The maximum atomic E-state index is 6.24. The molecule has 0 bridgehead atoms. The van der Waals surface area contributed by atoms with Crippen LogP contribution in [0.25, 0.3) is 0 Å². The molecule has 1 nitrogen and oxygen atoms in total. The van der Waals surface area contributed by atoms with Crippen molar-refractivity contribution in [3.8, 4) is 0 Å². The highest BCUT2D eigenvalue weighted by Crippen LogP contribution is 2.30. The molecule has 100 valence electrons. The van der Waals surface area contributed by atoms with Crippen molar-refractivity contribution in [3.63, 3.8) is 0 Å². The Hall–Kier alpha value is -0.960. The zero-order valence-corrected chi connectivity index (χ0v) is 12.8. The first-order chi connectivity index (χ1) is 9.08. The zero-order chi connectivity index (χ0) is 13.8. The molecule has 0 aromatic heterocycles. The summed E-state index contributed by atoms with van der Waals surface area (Å²) < 4.78 is 0. The van der Waals surface area contributed by atoms with Crippen molar-refractivity contribution >= 4 is 23.4 Å². The Morgan fingerprint density at radius 2 is 1.95 bits per heavy atom. The van der Waals surface area contributed by atoms with Gasteiger partial charge >= 0.3 is 0 Å².